The molecule has 8 heteroatoms. The van der Waals surface area contributed by atoms with Gasteiger partial charge in [-0.05, 0) is 73.4 Å². The third-order valence-corrected chi connectivity index (χ3v) is 5.77. The summed E-state index contributed by atoms with van der Waals surface area (Å²) in [6, 6.07) is 19.3. The van der Waals surface area contributed by atoms with Crippen molar-refractivity contribution in [2.75, 3.05) is 6.61 Å². The smallest absolute Gasteiger partial charge is 0.262 e. The number of hydrogen-bond donors (Lipinski definition) is 2. The topological polar surface area (TPSA) is 89.0 Å². The van der Waals surface area contributed by atoms with Crippen LogP contribution in [0.3, 0.4) is 0 Å². The fourth-order valence-corrected chi connectivity index (χ4v) is 3.56. The Kier molecular flexibility index (Phi) is 10.1. The predicted molar refractivity (Wildman–Crippen MR) is 146 cm³/mol. The van der Waals surface area contributed by atoms with Crippen LogP contribution in [0.5, 0.6) is 11.5 Å². The Balaban J connectivity index is 1.62. The molecule has 2 N–H and O–H groups in total. The molecule has 0 heterocycles. The molecule has 1 unspecified atom stereocenters. The minimum absolute atomic E-state index is 0.133. The van der Waals surface area contributed by atoms with Crippen LogP contribution in [-0.2, 0) is 11.4 Å². The van der Waals surface area contributed by atoms with E-state index in [0.717, 1.165) is 11.1 Å². The highest BCUT2D eigenvalue weighted by Crippen LogP contribution is 2.29. The molecule has 2 amide bonds. The molecule has 0 saturated heterocycles. The second kappa shape index (κ2) is 13.5. The molecule has 0 bridgehead atoms. The van der Waals surface area contributed by atoms with E-state index in [1.54, 1.807) is 24.3 Å². The van der Waals surface area contributed by atoms with Gasteiger partial charge in [0.15, 0.2) is 11.5 Å². The summed E-state index contributed by atoms with van der Waals surface area (Å²) < 4.78 is 11.7. The number of amides is 2. The van der Waals surface area contributed by atoms with Crippen molar-refractivity contribution >= 4 is 29.6 Å². The maximum atomic E-state index is 12.8. The average molecular weight is 522 g/mol. The number of nitrogens with zero attached hydrogens (tertiary/aromatic N) is 1. The van der Waals surface area contributed by atoms with Gasteiger partial charge in [-0.3, -0.25) is 9.59 Å². The van der Waals surface area contributed by atoms with E-state index >= 15 is 0 Å². The SMILES string of the molecule is CCOc1cc(/C=N\NC(=O)C(NC(=O)c2ccc(C)cc2)C(C)C)ccc1OCc1ccc(Cl)cc1. The maximum absolute atomic E-state index is 12.8. The van der Waals surface area contributed by atoms with Crippen LogP contribution in [0.15, 0.2) is 71.8 Å². The lowest BCUT2D eigenvalue weighted by molar-refractivity contribution is -0.123. The molecule has 0 radical (unpaired) electrons. The lowest BCUT2D eigenvalue weighted by Gasteiger charge is -2.20. The van der Waals surface area contributed by atoms with Crippen LogP contribution < -0.4 is 20.2 Å². The third kappa shape index (κ3) is 8.36. The van der Waals surface area contributed by atoms with E-state index in [1.165, 1.54) is 6.21 Å². The van der Waals surface area contributed by atoms with Crippen molar-refractivity contribution in [3.05, 3.63) is 94.0 Å². The largest absolute Gasteiger partial charge is 0.490 e. The van der Waals surface area contributed by atoms with E-state index in [2.05, 4.69) is 15.8 Å². The molecule has 3 rings (SSSR count). The van der Waals surface area contributed by atoms with Crippen LogP contribution in [0.1, 0.15) is 47.8 Å². The fraction of sp³-hybridized carbons (Fsp3) is 0.276. The van der Waals surface area contributed by atoms with Crippen molar-refractivity contribution in [2.45, 2.75) is 40.3 Å². The van der Waals surface area contributed by atoms with Gasteiger partial charge in [0, 0.05) is 10.6 Å². The number of carbonyl (C=O) groups excluding carboxylic acids is 2. The van der Waals surface area contributed by atoms with E-state index in [1.807, 2.05) is 70.2 Å². The molecule has 7 nitrogen and oxygen atoms in total. The maximum Gasteiger partial charge on any atom is 0.262 e. The van der Waals surface area contributed by atoms with Crippen molar-refractivity contribution in [3.8, 4) is 11.5 Å². The molecule has 194 valence electrons. The molecule has 0 aliphatic heterocycles. The van der Waals surface area contributed by atoms with E-state index in [4.69, 9.17) is 21.1 Å². The Hall–Kier alpha value is -3.84. The Morgan fingerprint density at radius 1 is 0.973 bits per heavy atom. The van der Waals surface area contributed by atoms with Crippen molar-refractivity contribution in [1.29, 1.82) is 0 Å². The van der Waals surface area contributed by atoms with Crippen molar-refractivity contribution in [3.63, 3.8) is 0 Å². The molecule has 0 fully saturated rings. The quantitative estimate of drug-likeness (QED) is 0.256. The second-order valence-corrected chi connectivity index (χ2v) is 9.29. The van der Waals surface area contributed by atoms with Crippen molar-refractivity contribution < 1.29 is 19.1 Å². The summed E-state index contributed by atoms with van der Waals surface area (Å²) in [5.41, 5.74) is 5.77. The minimum Gasteiger partial charge on any atom is -0.490 e. The first-order valence-electron chi connectivity index (χ1n) is 12.1. The number of benzene rings is 3. The van der Waals surface area contributed by atoms with Crippen molar-refractivity contribution in [2.24, 2.45) is 11.0 Å². The van der Waals surface area contributed by atoms with Gasteiger partial charge in [0.2, 0.25) is 0 Å². The molecule has 0 aliphatic rings. The minimum atomic E-state index is -0.742. The Morgan fingerprint density at radius 3 is 2.32 bits per heavy atom. The molecular weight excluding hydrogens is 490 g/mol. The highest BCUT2D eigenvalue weighted by Gasteiger charge is 2.24. The van der Waals surface area contributed by atoms with Gasteiger partial charge in [-0.25, -0.2) is 5.43 Å². The number of rotatable bonds is 11. The monoisotopic (exact) mass is 521 g/mol. The Morgan fingerprint density at radius 2 is 1.68 bits per heavy atom. The van der Waals surface area contributed by atoms with Gasteiger partial charge in [0.1, 0.15) is 12.6 Å². The fourth-order valence-electron chi connectivity index (χ4n) is 3.44. The molecule has 3 aromatic rings. The summed E-state index contributed by atoms with van der Waals surface area (Å²) in [7, 11) is 0. The summed E-state index contributed by atoms with van der Waals surface area (Å²) in [5, 5.41) is 7.55. The number of ether oxygens (including phenoxy) is 2. The van der Waals surface area contributed by atoms with Crippen LogP contribution in [-0.4, -0.2) is 30.7 Å². The number of nitrogens with one attached hydrogen (secondary N) is 2. The van der Waals surface area contributed by atoms with E-state index < -0.39 is 11.9 Å². The molecule has 0 saturated carbocycles. The van der Waals surface area contributed by atoms with Gasteiger partial charge in [-0.1, -0.05) is 55.3 Å². The van der Waals surface area contributed by atoms with Gasteiger partial charge >= 0.3 is 0 Å². The second-order valence-electron chi connectivity index (χ2n) is 8.85. The zero-order chi connectivity index (χ0) is 26.8. The first kappa shape index (κ1) is 27.7. The average Bonchev–Trinajstić information content (AvgIpc) is 2.88. The van der Waals surface area contributed by atoms with Gasteiger partial charge in [0.25, 0.3) is 11.8 Å². The van der Waals surface area contributed by atoms with E-state index in [9.17, 15) is 9.59 Å². The summed E-state index contributed by atoms with van der Waals surface area (Å²) in [4.78, 5) is 25.4. The van der Waals surface area contributed by atoms with Crippen LogP contribution in [0, 0.1) is 12.8 Å². The highest BCUT2D eigenvalue weighted by atomic mass is 35.5. The lowest BCUT2D eigenvalue weighted by atomic mass is 10.0. The zero-order valence-corrected chi connectivity index (χ0v) is 22.2. The number of aryl methyl sites for hydroxylation is 1. The van der Waals surface area contributed by atoms with Crippen LogP contribution in [0.4, 0.5) is 0 Å². The first-order valence-corrected chi connectivity index (χ1v) is 12.5. The summed E-state index contributed by atoms with van der Waals surface area (Å²) in [5.74, 6) is 0.313. The van der Waals surface area contributed by atoms with E-state index in [-0.39, 0.29) is 11.8 Å². The lowest BCUT2D eigenvalue weighted by Crippen LogP contribution is -2.48. The molecule has 3 aromatic carbocycles. The molecule has 0 aromatic heterocycles. The molecule has 1 atom stereocenters. The highest BCUT2D eigenvalue weighted by molar-refractivity contribution is 6.30. The predicted octanol–water partition coefficient (Wildman–Crippen LogP) is 5.53. The molecule has 0 spiro atoms. The first-order chi connectivity index (χ1) is 17.8. The molecule has 37 heavy (non-hydrogen) atoms. The van der Waals surface area contributed by atoms with Crippen LogP contribution in [0.2, 0.25) is 5.02 Å². The zero-order valence-electron chi connectivity index (χ0n) is 21.5. The van der Waals surface area contributed by atoms with Gasteiger partial charge in [-0.15, -0.1) is 0 Å². The molecule has 0 aliphatic carbocycles. The number of halogens is 1. The third-order valence-electron chi connectivity index (χ3n) is 5.51. The van der Waals surface area contributed by atoms with Crippen LogP contribution in [0.25, 0.3) is 0 Å². The van der Waals surface area contributed by atoms with Gasteiger partial charge < -0.3 is 14.8 Å². The normalized spacial score (nSPS) is 11.8. The summed E-state index contributed by atoms with van der Waals surface area (Å²) in [6.07, 6.45) is 1.52. The standard InChI is InChI=1S/C29H32ClN3O4/c1-5-36-26-16-22(10-15-25(26)37-18-21-8-13-24(30)14-9-21)17-31-33-29(35)27(19(2)3)32-28(34)23-11-6-20(4)7-12-23/h6-17,19,27H,5,18H2,1-4H3,(H,32,34)(H,33,35)/b31-17-. The van der Waals surface area contributed by atoms with Gasteiger partial charge in [0.05, 0.1) is 12.8 Å². The Labute approximate surface area is 222 Å². The van der Waals surface area contributed by atoms with E-state index in [0.29, 0.717) is 40.9 Å². The van der Waals surface area contributed by atoms with Gasteiger partial charge in [-0.2, -0.15) is 5.10 Å². The summed E-state index contributed by atoms with van der Waals surface area (Å²) >= 11 is 5.94. The summed E-state index contributed by atoms with van der Waals surface area (Å²) in [6.45, 7) is 8.39. The van der Waals surface area contributed by atoms with Crippen molar-refractivity contribution in [1.82, 2.24) is 10.7 Å². The Bertz CT molecular complexity index is 1220. The number of hydrogen-bond acceptors (Lipinski definition) is 5. The number of hydrazone groups is 1. The molecular formula is C29H32ClN3O4. The number of carbonyl (C=O) groups is 2. The van der Waals surface area contributed by atoms with Crippen LogP contribution >= 0.6 is 11.6 Å².